The maximum atomic E-state index is 2.33. The van der Waals surface area contributed by atoms with E-state index in [0.29, 0.717) is 0 Å². The Morgan fingerprint density at radius 2 is 0.169 bits per heavy atom. The summed E-state index contributed by atoms with van der Waals surface area (Å²) in [4.78, 5) is 0. The summed E-state index contributed by atoms with van der Waals surface area (Å²) in [5, 5.41) is 0. The summed E-state index contributed by atoms with van der Waals surface area (Å²) < 4.78 is 4.26. The number of nitrogens with zero attached hydrogens (tertiary/aromatic N) is 3. The molecule has 0 aromatic carbocycles. The Labute approximate surface area is 661 Å². The van der Waals surface area contributed by atoms with Crippen LogP contribution in [0.5, 0.6) is 0 Å². The monoisotopic (exact) mass is 1690 g/mol. The number of unbranched alkanes of at least 4 members (excludes halogenated alkanes) is 12. The van der Waals surface area contributed by atoms with Gasteiger partial charge in [0.1, 0.15) is 0 Å². The van der Waals surface area contributed by atoms with Crippen molar-refractivity contribution in [2.45, 2.75) is 237 Å². The number of rotatable bonds is 36. The molecule has 0 aliphatic carbocycles. The van der Waals surface area contributed by atoms with Crippen LogP contribution in [0, 0.1) is 0 Å². The first-order valence-electron chi connectivity index (χ1n) is 24.3. The van der Waals surface area contributed by atoms with Gasteiger partial charge >= 0.3 is 0 Å². The van der Waals surface area contributed by atoms with Crippen molar-refractivity contribution in [3.8, 4) is 0 Å². The maximum absolute atomic E-state index is 2.33. The van der Waals surface area contributed by atoms with E-state index in [1.54, 1.807) is 0 Å². The Morgan fingerprint density at radius 3 is 0.202 bits per heavy atom. The SMILES string of the molecule is CCCC[N+](CCCC)(CCCC)CCCC.CCCC[N+](CCCC)(CCCC)CCCC.CCCC[N+](CCCC)(CCCC)CCCC.[O-2].[O-2].[O-2].[O-2].[O-2].[O-2].[O-2].[O-2].[O-2].[O-2].[O-2].[O-2].[O-2].[O-2].[O-2].[O-2].[O-2].[O-2].[O-2].[O-2].[O-2].[O-2].[O-2].[O-2].[O-2].[OH-].[OH-].[OH-].[V].[V].[V].[V].[V].[V].[V].[V].[V].[V]. The zero-order valence-electron chi connectivity index (χ0n) is 54.8. The molecule has 31 nitrogen and oxygen atoms in total. The summed E-state index contributed by atoms with van der Waals surface area (Å²) in [5.41, 5.74) is 0. The molecule has 3 N–H and O–H groups in total. The van der Waals surface area contributed by atoms with Crippen molar-refractivity contribution in [1.29, 1.82) is 0 Å². The fourth-order valence-electron chi connectivity index (χ4n) is 7.93. The second kappa shape index (κ2) is 226. The molecule has 0 heterocycles. The van der Waals surface area contributed by atoms with Gasteiger partial charge in [-0.3, -0.25) is 0 Å². The van der Waals surface area contributed by atoms with Crippen LogP contribution in [0.2, 0.25) is 0 Å². The molecule has 0 unspecified atom stereocenters. The minimum Gasteiger partial charge on any atom is -2.00 e. The quantitative estimate of drug-likeness (QED) is 0.0553. The van der Waals surface area contributed by atoms with Crippen molar-refractivity contribution in [2.24, 2.45) is 0 Å². The molecule has 0 amide bonds. The molecule has 0 aliphatic rings. The molecule has 0 saturated heterocycles. The van der Waals surface area contributed by atoms with Gasteiger partial charge in [0.25, 0.3) is 0 Å². The van der Waals surface area contributed by atoms with Crippen LogP contribution in [0.25, 0.3) is 0 Å². The fraction of sp³-hybridized carbons (Fsp3) is 1.00. The van der Waals surface area contributed by atoms with Crippen molar-refractivity contribution >= 4 is 0 Å². The van der Waals surface area contributed by atoms with Crippen LogP contribution in [0.1, 0.15) is 237 Å². The molecule has 0 atom stereocenters. The average molecular weight is 1690 g/mol. The first kappa shape index (κ1) is 290. The van der Waals surface area contributed by atoms with Crippen molar-refractivity contribution in [2.75, 3.05) is 78.5 Å². The molecule has 0 aromatic rings. The first-order valence-corrected chi connectivity index (χ1v) is 24.3. The van der Waals surface area contributed by atoms with E-state index in [-0.39, 0.29) is 339 Å². The van der Waals surface area contributed by atoms with Crippen molar-refractivity contribution < 1.29 is 352 Å². The second-order valence-electron chi connectivity index (χ2n) is 17.0. The van der Waals surface area contributed by atoms with Gasteiger partial charge in [0, 0.05) is 186 Å². The van der Waals surface area contributed by atoms with Gasteiger partial charge in [-0.1, -0.05) is 160 Å². The first-order chi connectivity index (χ1) is 24.7. The molecule has 0 spiro atoms. The van der Waals surface area contributed by atoms with Gasteiger partial charge in [-0.2, -0.15) is 0 Å². The number of quaternary nitrogens is 3. The van der Waals surface area contributed by atoms with E-state index in [9.17, 15) is 0 Å². The average Bonchev–Trinajstić information content (AvgIpc) is 3.16. The van der Waals surface area contributed by atoms with Gasteiger partial charge < -0.3 is 167 Å². The molecule has 10 radical (unpaired) electrons. The Bertz CT molecular complexity index is 553. The van der Waals surface area contributed by atoms with Crippen molar-refractivity contribution in [3.05, 3.63) is 0 Å². The Balaban J connectivity index is -0.00000000821. The zero-order chi connectivity index (χ0) is 39.0. The predicted molar refractivity (Wildman–Crippen MR) is 261 cm³/mol. The van der Waals surface area contributed by atoms with Gasteiger partial charge in [-0.25, -0.2) is 0 Å². The summed E-state index contributed by atoms with van der Waals surface area (Å²) in [6.07, 6.45) is 33.2. The van der Waals surface area contributed by atoms with Gasteiger partial charge in [0.2, 0.25) is 0 Å². The normalized spacial score (nSPS) is 6.88. The smallest absolute Gasteiger partial charge is 0.0786 e. The fourth-order valence-corrected chi connectivity index (χ4v) is 7.93. The second-order valence-corrected chi connectivity index (χ2v) is 17.0. The standard InChI is InChI=1S/3C16H36N.3H2O.25O.10V/c3*1-5-9-13-17(14-10-6-2,15-11-7-3)16-12-8-4;;;;;;;;;;;;;;;;;;;;;;;;;;;;;;;;;;;;;;/h3*5-16H2,1-4H3;3*1H2;;;;;;;;;;;;;;;;;;;;;;;;;;;;;;;;;;;/q3*+1;;;;25*-2;;;;;;;;;;/p-3. The van der Waals surface area contributed by atoms with Crippen LogP contribution in [-0.2, 0) is 322 Å². The number of hydrogen-bond acceptors (Lipinski definition) is 3. The summed E-state index contributed by atoms with van der Waals surface area (Å²) in [6.45, 7) is 45.1. The summed E-state index contributed by atoms with van der Waals surface area (Å²) in [7, 11) is 0. The van der Waals surface area contributed by atoms with Gasteiger partial charge in [0.15, 0.2) is 0 Å². The van der Waals surface area contributed by atoms with Gasteiger partial charge in [-0.05, 0) is 77.0 Å². The molecule has 0 aliphatic heterocycles. The van der Waals surface area contributed by atoms with Gasteiger partial charge in [0.05, 0.1) is 78.5 Å². The molecule has 0 aromatic heterocycles. The summed E-state index contributed by atoms with van der Waals surface area (Å²) >= 11 is 0. The summed E-state index contributed by atoms with van der Waals surface area (Å²) in [5.74, 6) is 0. The topological polar surface area (TPSA) is 802 Å². The Hall–Kier alpha value is 4.60. The third kappa shape index (κ3) is 182. The van der Waals surface area contributed by atoms with Crippen LogP contribution < -0.4 is 0 Å². The molecule has 0 saturated carbocycles. The minimum atomic E-state index is 0. The Morgan fingerprint density at radius 1 is 0.124 bits per heavy atom. The van der Waals surface area contributed by atoms with Crippen LogP contribution in [0.15, 0.2) is 0 Å². The molecular weight excluding hydrogens is 1580 g/mol. The largest absolute Gasteiger partial charge is 2.00 e. The summed E-state index contributed by atoms with van der Waals surface area (Å²) in [6, 6.07) is 0. The van der Waals surface area contributed by atoms with E-state index in [4.69, 9.17) is 0 Å². The van der Waals surface area contributed by atoms with E-state index >= 15 is 0 Å². The van der Waals surface area contributed by atoms with E-state index in [0.717, 1.165) is 0 Å². The van der Waals surface area contributed by atoms with E-state index in [1.807, 2.05) is 0 Å². The maximum Gasteiger partial charge on any atom is 0.0786 e. The minimum absolute atomic E-state index is 0. The zero-order valence-corrected chi connectivity index (χ0v) is 68.8. The Kier molecular flexibility index (Phi) is 737. The van der Waals surface area contributed by atoms with Crippen LogP contribution in [-0.4, -0.2) is 108 Å². The number of hydrogen-bond donors (Lipinski definition) is 0. The van der Waals surface area contributed by atoms with E-state index < -0.39 is 0 Å². The third-order valence-corrected chi connectivity index (χ3v) is 11.8. The van der Waals surface area contributed by atoms with Crippen molar-refractivity contribution in [3.63, 3.8) is 0 Å². The van der Waals surface area contributed by atoms with Crippen LogP contribution in [0.4, 0.5) is 0 Å². The van der Waals surface area contributed by atoms with E-state index in [2.05, 4.69) is 83.1 Å². The molecule has 89 heavy (non-hydrogen) atoms. The molecule has 41 heteroatoms. The van der Waals surface area contributed by atoms with Crippen LogP contribution in [0.3, 0.4) is 0 Å². The van der Waals surface area contributed by atoms with E-state index in [1.165, 1.54) is 246 Å². The molecular formula is C48H111N3O28V10-50. The molecule has 586 valence electrons. The molecule has 0 fully saturated rings. The molecule has 0 rings (SSSR count). The van der Waals surface area contributed by atoms with Gasteiger partial charge in [-0.15, -0.1) is 0 Å². The molecule has 0 bridgehead atoms. The van der Waals surface area contributed by atoms with Crippen molar-refractivity contribution in [1.82, 2.24) is 0 Å². The third-order valence-electron chi connectivity index (χ3n) is 11.8. The predicted octanol–water partition coefficient (Wildman–Crippen LogP) is 11.5. The van der Waals surface area contributed by atoms with Crippen LogP contribution >= 0.6 is 0 Å².